The van der Waals surface area contributed by atoms with Crippen molar-refractivity contribution in [1.82, 2.24) is 5.32 Å². The van der Waals surface area contributed by atoms with Gasteiger partial charge in [-0.05, 0) is 49.7 Å². The Hall–Kier alpha value is -1.39. The molecule has 1 amide bonds. The molecule has 3 N–H and O–H groups in total. The van der Waals surface area contributed by atoms with E-state index in [1.807, 2.05) is 0 Å². The molecular formula is C19H28N2O2. The van der Waals surface area contributed by atoms with E-state index in [4.69, 9.17) is 10.5 Å². The number of hydrogen-bond acceptors (Lipinski definition) is 3. The fraction of sp³-hybridized carbons (Fsp3) is 0.632. The topological polar surface area (TPSA) is 64.3 Å². The Morgan fingerprint density at radius 1 is 1.26 bits per heavy atom. The van der Waals surface area contributed by atoms with E-state index in [-0.39, 0.29) is 30.0 Å². The van der Waals surface area contributed by atoms with Gasteiger partial charge in [-0.15, -0.1) is 0 Å². The molecule has 0 saturated heterocycles. The molecule has 4 heteroatoms. The normalized spacial score (nSPS) is 27.7. The summed E-state index contributed by atoms with van der Waals surface area (Å²) < 4.78 is 5.79. The number of nitrogens with one attached hydrogen (secondary N) is 1. The van der Waals surface area contributed by atoms with Gasteiger partial charge in [0.05, 0.1) is 6.10 Å². The Balaban J connectivity index is 1.49. The van der Waals surface area contributed by atoms with Crippen LogP contribution in [0.1, 0.15) is 43.7 Å². The molecule has 0 unspecified atom stereocenters. The molecule has 0 heterocycles. The molecule has 3 rings (SSSR count). The van der Waals surface area contributed by atoms with Gasteiger partial charge in [0.25, 0.3) is 0 Å². The van der Waals surface area contributed by atoms with Crippen molar-refractivity contribution in [3.8, 4) is 0 Å². The SMILES string of the molecule is CCCO[C@@H]1CC[C@H](C(=O)NC2Cc3ccccc3C2)C[C@H]1N. The van der Waals surface area contributed by atoms with E-state index in [0.29, 0.717) is 0 Å². The summed E-state index contributed by atoms with van der Waals surface area (Å²) in [4.78, 5) is 12.6. The third kappa shape index (κ3) is 3.93. The number of rotatable bonds is 5. The fourth-order valence-electron chi connectivity index (χ4n) is 3.87. The van der Waals surface area contributed by atoms with Gasteiger partial charge in [-0.1, -0.05) is 31.2 Å². The highest BCUT2D eigenvalue weighted by Crippen LogP contribution is 2.27. The van der Waals surface area contributed by atoms with E-state index in [1.54, 1.807) is 0 Å². The minimum Gasteiger partial charge on any atom is -0.377 e. The Morgan fingerprint density at radius 3 is 2.57 bits per heavy atom. The van der Waals surface area contributed by atoms with E-state index < -0.39 is 0 Å². The molecule has 2 aliphatic rings. The fourth-order valence-corrected chi connectivity index (χ4v) is 3.87. The van der Waals surface area contributed by atoms with Crippen LogP contribution < -0.4 is 11.1 Å². The Kier molecular flexibility index (Phi) is 5.34. The minimum atomic E-state index is -0.0215. The standard InChI is InChI=1S/C19H28N2O2/c1-2-9-23-18-8-7-15(12-17(18)20)19(22)21-16-10-13-5-3-4-6-14(13)11-16/h3-6,15-18H,2,7-12,20H2,1H3,(H,21,22)/t15-,17+,18+/m0/s1. The lowest BCUT2D eigenvalue weighted by molar-refractivity contribution is -0.128. The van der Waals surface area contributed by atoms with E-state index in [0.717, 1.165) is 45.1 Å². The van der Waals surface area contributed by atoms with Crippen LogP contribution in [0, 0.1) is 5.92 Å². The molecular weight excluding hydrogens is 288 g/mol. The van der Waals surface area contributed by atoms with E-state index in [2.05, 4.69) is 36.5 Å². The quantitative estimate of drug-likeness (QED) is 0.875. The van der Waals surface area contributed by atoms with Gasteiger partial charge in [-0.3, -0.25) is 4.79 Å². The molecule has 0 aliphatic heterocycles. The maximum atomic E-state index is 12.6. The average Bonchev–Trinajstić information content (AvgIpc) is 2.95. The summed E-state index contributed by atoms with van der Waals surface area (Å²) in [6, 6.07) is 8.68. The Labute approximate surface area is 138 Å². The minimum absolute atomic E-state index is 0.0215. The first-order chi connectivity index (χ1) is 11.2. The second kappa shape index (κ2) is 7.45. The molecule has 0 bridgehead atoms. The number of amides is 1. The van der Waals surface area contributed by atoms with Gasteiger partial charge in [0, 0.05) is 24.6 Å². The monoisotopic (exact) mass is 316 g/mol. The number of carbonyl (C=O) groups is 1. The molecule has 126 valence electrons. The molecule has 2 aliphatic carbocycles. The van der Waals surface area contributed by atoms with Crippen molar-refractivity contribution in [2.45, 2.75) is 63.6 Å². The molecule has 0 aromatic heterocycles. The average molecular weight is 316 g/mol. The predicted molar refractivity (Wildman–Crippen MR) is 91.1 cm³/mol. The van der Waals surface area contributed by atoms with Crippen molar-refractivity contribution in [3.63, 3.8) is 0 Å². The number of nitrogens with two attached hydrogens (primary N) is 1. The highest BCUT2D eigenvalue weighted by molar-refractivity contribution is 5.79. The van der Waals surface area contributed by atoms with Crippen LogP contribution in [0.3, 0.4) is 0 Å². The number of fused-ring (bicyclic) bond motifs is 1. The van der Waals surface area contributed by atoms with Crippen LogP contribution in [-0.2, 0) is 22.4 Å². The lowest BCUT2D eigenvalue weighted by atomic mass is 9.83. The van der Waals surface area contributed by atoms with Gasteiger partial charge < -0.3 is 15.8 Å². The number of benzene rings is 1. The highest BCUT2D eigenvalue weighted by atomic mass is 16.5. The first-order valence-electron chi connectivity index (χ1n) is 8.91. The van der Waals surface area contributed by atoms with Gasteiger partial charge in [0.1, 0.15) is 0 Å². The van der Waals surface area contributed by atoms with Crippen molar-refractivity contribution < 1.29 is 9.53 Å². The summed E-state index contributed by atoms with van der Waals surface area (Å²) in [5, 5.41) is 3.24. The van der Waals surface area contributed by atoms with Crippen molar-refractivity contribution in [2.24, 2.45) is 11.7 Å². The lowest BCUT2D eigenvalue weighted by Crippen LogP contribution is -2.48. The Bertz CT molecular complexity index is 521. The van der Waals surface area contributed by atoms with Crippen LogP contribution in [0.5, 0.6) is 0 Å². The molecule has 1 aromatic rings. The van der Waals surface area contributed by atoms with E-state index in [9.17, 15) is 4.79 Å². The van der Waals surface area contributed by atoms with Crippen LogP contribution >= 0.6 is 0 Å². The van der Waals surface area contributed by atoms with Crippen molar-refractivity contribution in [2.75, 3.05) is 6.61 Å². The van der Waals surface area contributed by atoms with Crippen LogP contribution in [-0.4, -0.2) is 30.7 Å². The van der Waals surface area contributed by atoms with Crippen molar-refractivity contribution in [3.05, 3.63) is 35.4 Å². The van der Waals surface area contributed by atoms with Crippen LogP contribution in [0.4, 0.5) is 0 Å². The first-order valence-corrected chi connectivity index (χ1v) is 8.91. The van der Waals surface area contributed by atoms with E-state index >= 15 is 0 Å². The maximum Gasteiger partial charge on any atom is 0.223 e. The predicted octanol–water partition coefficient (Wildman–Crippen LogP) is 2.19. The van der Waals surface area contributed by atoms with Gasteiger partial charge in [-0.25, -0.2) is 0 Å². The third-order valence-corrected chi connectivity index (χ3v) is 5.14. The number of ether oxygens (including phenoxy) is 1. The summed E-state index contributed by atoms with van der Waals surface area (Å²) in [5.41, 5.74) is 8.95. The van der Waals surface area contributed by atoms with Gasteiger partial charge in [-0.2, -0.15) is 0 Å². The molecule has 0 radical (unpaired) electrons. The maximum absolute atomic E-state index is 12.6. The first kappa shape index (κ1) is 16.5. The van der Waals surface area contributed by atoms with Crippen molar-refractivity contribution >= 4 is 5.91 Å². The van der Waals surface area contributed by atoms with Crippen LogP contribution in [0.15, 0.2) is 24.3 Å². The summed E-state index contributed by atoms with van der Waals surface area (Å²) in [5.74, 6) is 0.211. The molecule has 3 atom stereocenters. The summed E-state index contributed by atoms with van der Waals surface area (Å²) >= 11 is 0. The zero-order valence-corrected chi connectivity index (χ0v) is 14.0. The molecule has 1 fully saturated rings. The van der Waals surface area contributed by atoms with Crippen LogP contribution in [0.25, 0.3) is 0 Å². The van der Waals surface area contributed by atoms with E-state index in [1.165, 1.54) is 11.1 Å². The second-order valence-corrected chi connectivity index (χ2v) is 6.97. The summed E-state index contributed by atoms with van der Waals surface area (Å²) in [6.07, 6.45) is 5.54. The smallest absolute Gasteiger partial charge is 0.223 e. The number of carbonyl (C=O) groups excluding carboxylic acids is 1. The molecule has 1 saturated carbocycles. The zero-order chi connectivity index (χ0) is 16.2. The molecule has 23 heavy (non-hydrogen) atoms. The summed E-state index contributed by atoms with van der Waals surface area (Å²) in [7, 11) is 0. The Morgan fingerprint density at radius 2 is 1.96 bits per heavy atom. The van der Waals surface area contributed by atoms with Gasteiger partial charge in [0.2, 0.25) is 5.91 Å². The van der Waals surface area contributed by atoms with Gasteiger partial charge in [0.15, 0.2) is 0 Å². The highest BCUT2D eigenvalue weighted by Gasteiger charge is 2.33. The summed E-state index contributed by atoms with van der Waals surface area (Å²) in [6.45, 7) is 2.86. The third-order valence-electron chi connectivity index (χ3n) is 5.14. The molecule has 4 nitrogen and oxygen atoms in total. The zero-order valence-electron chi connectivity index (χ0n) is 14.0. The lowest BCUT2D eigenvalue weighted by Gasteiger charge is -2.33. The molecule has 1 aromatic carbocycles. The van der Waals surface area contributed by atoms with Gasteiger partial charge >= 0.3 is 0 Å². The van der Waals surface area contributed by atoms with Crippen molar-refractivity contribution in [1.29, 1.82) is 0 Å². The van der Waals surface area contributed by atoms with Crippen LogP contribution in [0.2, 0.25) is 0 Å². The number of hydrogen-bond donors (Lipinski definition) is 2. The second-order valence-electron chi connectivity index (χ2n) is 6.97. The molecule has 0 spiro atoms. The largest absolute Gasteiger partial charge is 0.377 e.